The van der Waals surface area contributed by atoms with Crippen molar-refractivity contribution in [3.05, 3.63) is 34.9 Å². The van der Waals surface area contributed by atoms with Crippen LogP contribution in [0.4, 0.5) is 0 Å². The second kappa shape index (κ2) is 7.37. The van der Waals surface area contributed by atoms with E-state index in [4.69, 9.17) is 0 Å². The topological polar surface area (TPSA) is 29.1 Å². The predicted octanol–water partition coefficient (Wildman–Crippen LogP) is 3.58. The lowest BCUT2D eigenvalue weighted by Crippen LogP contribution is -2.44. The van der Waals surface area contributed by atoms with Crippen LogP contribution in [0.2, 0.25) is 0 Å². The van der Waals surface area contributed by atoms with Crippen LogP contribution in [0.3, 0.4) is 0 Å². The van der Waals surface area contributed by atoms with Crippen LogP contribution in [0, 0.1) is 19.3 Å². The van der Waals surface area contributed by atoms with Gasteiger partial charge in [-0.25, -0.2) is 0 Å². The molecule has 0 aliphatic rings. The Labute approximate surface area is 126 Å². The minimum Gasteiger partial charge on any atom is -0.313 e. The molecule has 1 aromatic rings. The van der Waals surface area contributed by atoms with E-state index in [0.29, 0.717) is 17.5 Å². The van der Waals surface area contributed by atoms with E-state index in [0.717, 1.165) is 6.54 Å². The third-order valence-electron chi connectivity index (χ3n) is 3.46. The Hall–Kier alpha value is -0.670. The van der Waals surface area contributed by atoms with Gasteiger partial charge in [0.15, 0.2) is 0 Å². The monoisotopic (exact) mass is 295 g/mol. The van der Waals surface area contributed by atoms with Crippen LogP contribution in [0.1, 0.15) is 44.4 Å². The van der Waals surface area contributed by atoms with Gasteiger partial charge >= 0.3 is 0 Å². The van der Waals surface area contributed by atoms with Gasteiger partial charge in [0.2, 0.25) is 0 Å². The Morgan fingerprint density at radius 1 is 1.15 bits per heavy atom. The molecule has 1 N–H and O–H groups in total. The average molecular weight is 295 g/mol. The molecule has 0 heterocycles. The van der Waals surface area contributed by atoms with Crippen molar-refractivity contribution in [1.29, 1.82) is 0 Å². The molecule has 1 rings (SSSR count). The van der Waals surface area contributed by atoms with Gasteiger partial charge in [-0.05, 0) is 31.4 Å². The van der Waals surface area contributed by atoms with E-state index in [9.17, 15) is 4.21 Å². The van der Waals surface area contributed by atoms with Gasteiger partial charge in [-0.2, -0.15) is 0 Å². The van der Waals surface area contributed by atoms with Crippen LogP contribution in [-0.2, 0) is 16.6 Å². The minimum absolute atomic E-state index is 0.133. The fraction of sp³-hybridized carbons (Fsp3) is 0.647. The zero-order chi connectivity index (χ0) is 15.3. The van der Waals surface area contributed by atoms with E-state index in [-0.39, 0.29) is 5.41 Å². The third kappa shape index (κ3) is 5.76. The second-order valence-electron chi connectivity index (χ2n) is 6.72. The van der Waals surface area contributed by atoms with Crippen LogP contribution in [0.15, 0.2) is 18.2 Å². The normalized spacial score (nSPS) is 15.1. The van der Waals surface area contributed by atoms with Crippen molar-refractivity contribution >= 4 is 10.8 Å². The quantitative estimate of drug-likeness (QED) is 0.869. The zero-order valence-electron chi connectivity index (χ0n) is 13.7. The van der Waals surface area contributed by atoms with Gasteiger partial charge in [0.1, 0.15) is 0 Å². The van der Waals surface area contributed by atoms with E-state index in [2.05, 4.69) is 65.1 Å². The van der Waals surface area contributed by atoms with Crippen LogP contribution in [0.25, 0.3) is 0 Å². The molecule has 0 fully saturated rings. The molecule has 0 spiro atoms. The van der Waals surface area contributed by atoms with E-state index in [1.54, 1.807) is 0 Å². The zero-order valence-corrected chi connectivity index (χ0v) is 14.6. The Morgan fingerprint density at radius 3 is 2.15 bits per heavy atom. The lowest BCUT2D eigenvalue weighted by Gasteiger charge is -2.31. The molecule has 114 valence electrons. The first kappa shape index (κ1) is 17.4. The second-order valence-corrected chi connectivity index (χ2v) is 8.22. The van der Waals surface area contributed by atoms with Crippen molar-refractivity contribution in [2.45, 2.75) is 53.3 Å². The molecule has 3 heteroatoms. The van der Waals surface area contributed by atoms with Crippen LogP contribution in [0.5, 0.6) is 0 Å². The summed E-state index contributed by atoms with van der Waals surface area (Å²) in [5.74, 6) is 1.37. The largest absolute Gasteiger partial charge is 0.313 e. The molecule has 0 saturated heterocycles. The van der Waals surface area contributed by atoms with Crippen molar-refractivity contribution < 1.29 is 4.21 Å². The summed E-state index contributed by atoms with van der Waals surface area (Å²) in [7, 11) is -0.828. The van der Waals surface area contributed by atoms with Crippen molar-refractivity contribution in [3.63, 3.8) is 0 Å². The van der Waals surface area contributed by atoms with Crippen molar-refractivity contribution in [2.75, 3.05) is 12.3 Å². The molecule has 0 radical (unpaired) electrons. The summed E-state index contributed by atoms with van der Waals surface area (Å²) in [6.07, 6.45) is 0. The summed E-state index contributed by atoms with van der Waals surface area (Å²) >= 11 is 0. The highest BCUT2D eigenvalue weighted by atomic mass is 32.2. The molecule has 2 unspecified atom stereocenters. The predicted molar refractivity (Wildman–Crippen MR) is 89.5 cm³/mol. The van der Waals surface area contributed by atoms with Gasteiger partial charge in [0.05, 0.1) is 0 Å². The van der Waals surface area contributed by atoms with Crippen molar-refractivity contribution in [3.8, 4) is 0 Å². The highest BCUT2D eigenvalue weighted by Gasteiger charge is 2.25. The van der Waals surface area contributed by atoms with Crippen molar-refractivity contribution in [1.82, 2.24) is 5.32 Å². The fourth-order valence-corrected chi connectivity index (χ4v) is 4.09. The summed E-state index contributed by atoms with van der Waals surface area (Å²) in [5, 5.41) is 3.47. The maximum Gasteiger partial charge on any atom is 0.0486 e. The van der Waals surface area contributed by atoms with Gasteiger partial charge in [-0.1, -0.05) is 57.0 Å². The van der Waals surface area contributed by atoms with Crippen molar-refractivity contribution in [2.24, 2.45) is 5.41 Å². The first-order chi connectivity index (χ1) is 9.22. The van der Waals surface area contributed by atoms with E-state index < -0.39 is 10.8 Å². The SMILES string of the molecule is CCNC(CS(=O)Cc1cc(C)cc(C)c1)C(C)(C)C. The van der Waals surface area contributed by atoms with Crippen LogP contribution < -0.4 is 5.32 Å². The van der Waals surface area contributed by atoms with Crippen LogP contribution >= 0.6 is 0 Å². The minimum atomic E-state index is -0.828. The van der Waals surface area contributed by atoms with Gasteiger partial charge in [-0.15, -0.1) is 0 Å². The molecule has 20 heavy (non-hydrogen) atoms. The lowest BCUT2D eigenvalue weighted by atomic mass is 9.88. The lowest BCUT2D eigenvalue weighted by molar-refractivity contribution is 0.294. The molecule has 1 aromatic carbocycles. The molecular formula is C17H29NOS. The molecule has 0 aromatic heterocycles. The molecule has 0 bridgehead atoms. The number of aryl methyl sites for hydroxylation is 2. The first-order valence-corrected chi connectivity index (χ1v) is 8.86. The molecule has 2 nitrogen and oxygen atoms in total. The van der Waals surface area contributed by atoms with E-state index in [1.807, 2.05) is 0 Å². The number of hydrogen-bond donors (Lipinski definition) is 1. The summed E-state index contributed by atoms with van der Waals surface area (Å²) < 4.78 is 12.4. The van der Waals surface area contributed by atoms with Gasteiger partial charge in [0, 0.05) is 28.3 Å². The molecule has 0 saturated carbocycles. The summed E-state index contributed by atoms with van der Waals surface area (Å²) in [6.45, 7) is 13.8. The van der Waals surface area contributed by atoms with Gasteiger partial charge in [0.25, 0.3) is 0 Å². The Kier molecular flexibility index (Phi) is 6.41. The summed E-state index contributed by atoms with van der Waals surface area (Å²) in [5.41, 5.74) is 3.81. The average Bonchev–Trinajstić information content (AvgIpc) is 2.25. The fourth-order valence-electron chi connectivity index (χ4n) is 2.44. The number of rotatable bonds is 6. The Balaban J connectivity index is 2.70. The van der Waals surface area contributed by atoms with Gasteiger partial charge in [-0.3, -0.25) is 4.21 Å². The maximum atomic E-state index is 12.4. The Morgan fingerprint density at radius 2 is 1.70 bits per heavy atom. The molecule has 2 atom stereocenters. The molecule has 0 amide bonds. The van der Waals surface area contributed by atoms with E-state index >= 15 is 0 Å². The molecular weight excluding hydrogens is 266 g/mol. The smallest absolute Gasteiger partial charge is 0.0486 e. The highest BCUT2D eigenvalue weighted by Crippen LogP contribution is 2.21. The third-order valence-corrected chi connectivity index (χ3v) is 4.82. The number of benzene rings is 1. The highest BCUT2D eigenvalue weighted by molar-refractivity contribution is 7.84. The molecule has 0 aliphatic heterocycles. The summed E-state index contributed by atoms with van der Waals surface area (Å²) in [6, 6.07) is 6.73. The first-order valence-electron chi connectivity index (χ1n) is 7.38. The number of hydrogen-bond acceptors (Lipinski definition) is 2. The van der Waals surface area contributed by atoms with E-state index in [1.165, 1.54) is 16.7 Å². The van der Waals surface area contributed by atoms with Crippen LogP contribution in [-0.4, -0.2) is 22.5 Å². The molecule has 0 aliphatic carbocycles. The Bertz CT molecular complexity index is 442. The summed E-state index contributed by atoms with van der Waals surface area (Å²) in [4.78, 5) is 0. The number of nitrogens with one attached hydrogen (secondary N) is 1. The standard InChI is InChI=1S/C17H29NOS/c1-7-18-16(17(4,5)6)12-20(19)11-15-9-13(2)8-14(3)10-15/h8-10,16,18H,7,11-12H2,1-6H3. The van der Waals surface area contributed by atoms with Gasteiger partial charge < -0.3 is 5.32 Å². The maximum absolute atomic E-state index is 12.4.